The van der Waals surface area contributed by atoms with Crippen LogP contribution in [0.5, 0.6) is 5.75 Å². The molecular weight excluding hydrogens is 354 g/mol. The third-order valence-electron chi connectivity index (χ3n) is 3.53. The van der Waals surface area contributed by atoms with Crippen molar-refractivity contribution in [1.82, 2.24) is 5.32 Å². The Morgan fingerprint density at radius 2 is 1.85 bits per heavy atom. The molecule has 10 heteroatoms. The maximum atomic E-state index is 12.0. The molecule has 1 rings (SSSR count). The summed E-state index contributed by atoms with van der Waals surface area (Å²) in [5, 5.41) is 11.5. The third-order valence-corrected chi connectivity index (χ3v) is 3.53. The van der Waals surface area contributed by atoms with Crippen molar-refractivity contribution < 1.29 is 24.2 Å². The third kappa shape index (κ3) is 8.68. The van der Waals surface area contributed by atoms with Gasteiger partial charge in [-0.15, -0.1) is 0 Å². The van der Waals surface area contributed by atoms with Gasteiger partial charge in [-0.05, 0) is 30.5 Å². The van der Waals surface area contributed by atoms with Crippen LogP contribution >= 0.6 is 0 Å². The molecule has 0 heterocycles. The van der Waals surface area contributed by atoms with Gasteiger partial charge < -0.3 is 32.4 Å². The summed E-state index contributed by atoms with van der Waals surface area (Å²) in [7, 11) is 0. The van der Waals surface area contributed by atoms with E-state index in [4.69, 9.17) is 27.0 Å². The van der Waals surface area contributed by atoms with Crippen LogP contribution in [0.15, 0.2) is 29.3 Å². The Balaban J connectivity index is 2.55. The number of guanidine groups is 1. The lowest BCUT2D eigenvalue weighted by Gasteiger charge is -2.14. The molecule has 0 saturated carbocycles. The van der Waals surface area contributed by atoms with Crippen LogP contribution in [0.4, 0.5) is 0 Å². The number of nitrogens with one attached hydrogen (secondary N) is 1. The molecule has 27 heavy (non-hydrogen) atoms. The molecule has 148 valence electrons. The van der Waals surface area contributed by atoms with Gasteiger partial charge in [0.1, 0.15) is 17.8 Å². The highest BCUT2D eigenvalue weighted by Gasteiger charge is 2.19. The average Bonchev–Trinajstić information content (AvgIpc) is 2.58. The Bertz CT molecular complexity index is 685. The van der Waals surface area contributed by atoms with E-state index in [-0.39, 0.29) is 18.1 Å². The Morgan fingerprint density at radius 1 is 1.22 bits per heavy atom. The number of ether oxygens (including phenoxy) is 1. The quantitative estimate of drug-likeness (QED) is 0.114. The van der Waals surface area contributed by atoms with Crippen molar-refractivity contribution in [2.24, 2.45) is 22.2 Å². The Hall–Kier alpha value is -3.14. The lowest BCUT2D eigenvalue weighted by atomic mass is 10.1. The number of hydrogen-bond donors (Lipinski definition) is 5. The molecule has 0 spiro atoms. The van der Waals surface area contributed by atoms with Crippen molar-refractivity contribution in [2.45, 2.75) is 38.3 Å². The van der Waals surface area contributed by atoms with Crippen molar-refractivity contribution in [3.8, 4) is 5.75 Å². The molecule has 1 aromatic carbocycles. The maximum Gasteiger partial charge on any atom is 0.328 e. The first-order valence-electron chi connectivity index (χ1n) is 8.30. The van der Waals surface area contributed by atoms with Crippen LogP contribution in [-0.4, -0.2) is 47.5 Å². The fourth-order valence-electron chi connectivity index (χ4n) is 2.20. The van der Waals surface area contributed by atoms with Gasteiger partial charge in [-0.25, -0.2) is 9.59 Å². The molecule has 0 aliphatic carbocycles. The predicted octanol–water partition coefficient (Wildman–Crippen LogP) is -0.895. The number of carboxylic acid groups (broad SMARTS) is 1. The molecule has 8 N–H and O–H groups in total. The molecule has 0 aromatic heterocycles. The Morgan fingerprint density at radius 3 is 2.37 bits per heavy atom. The zero-order valence-corrected chi connectivity index (χ0v) is 15.1. The molecule has 0 aliphatic heterocycles. The van der Waals surface area contributed by atoms with Crippen molar-refractivity contribution in [2.75, 3.05) is 6.54 Å². The monoisotopic (exact) mass is 379 g/mol. The minimum absolute atomic E-state index is 0.0186. The fourth-order valence-corrected chi connectivity index (χ4v) is 2.20. The molecule has 0 saturated heterocycles. The number of carbonyl (C=O) groups excluding carboxylic acids is 2. The molecule has 0 fully saturated rings. The van der Waals surface area contributed by atoms with Crippen molar-refractivity contribution in [3.63, 3.8) is 0 Å². The molecule has 0 aliphatic rings. The van der Waals surface area contributed by atoms with Gasteiger partial charge in [0.2, 0.25) is 5.91 Å². The Labute approximate surface area is 156 Å². The molecule has 0 bridgehead atoms. The van der Waals surface area contributed by atoms with E-state index < -0.39 is 29.9 Å². The highest BCUT2D eigenvalue weighted by Crippen LogP contribution is 2.15. The maximum absolute atomic E-state index is 12.0. The summed E-state index contributed by atoms with van der Waals surface area (Å²) in [6, 6.07) is 4.46. The second kappa shape index (κ2) is 10.8. The normalized spacial score (nSPS) is 12.5. The van der Waals surface area contributed by atoms with Gasteiger partial charge in [-0.3, -0.25) is 9.79 Å². The number of aliphatic imine (C=N–C) groups is 1. The summed E-state index contributed by atoms with van der Waals surface area (Å²) in [5.74, 6) is -1.88. The first-order chi connectivity index (χ1) is 12.7. The van der Waals surface area contributed by atoms with Crippen LogP contribution in [0.2, 0.25) is 0 Å². The fraction of sp³-hybridized carbons (Fsp3) is 0.412. The molecule has 1 amide bonds. The second-order valence-corrected chi connectivity index (χ2v) is 5.92. The van der Waals surface area contributed by atoms with Gasteiger partial charge in [0.25, 0.3) is 0 Å². The number of esters is 1. The molecule has 0 unspecified atom stereocenters. The average molecular weight is 379 g/mol. The van der Waals surface area contributed by atoms with E-state index in [2.05, 4.69) is 10.3 Å². The van der Waals surface area contributed by atoms with E-state index in [9.17, 15) is 14.4 Å². The minimum atomic E-state index is -1.13. The molecule has 1 aromatic rings. The predicted molar refractivity (Wildman–Crippen MR) is 98.9 cm³/mol. The highest BCUT2D eigenvalue weighted by molar-refractivity contribution is 5.82. The number of carboxylic acids is 1. The zero-order chi connectivity index (χ0) is 20.4. The number of carbonyl (C=O) groups is 3. The zero-order valence-electron chi connectivity index (χ0n) is 15.1. The van der Waals surface area contributed by atoms with Crippen molar-refractivity contribution in [1.29, 1.82) is 0 Å². The SMILES string of the molecule is CC(=O)N[C@@H](Cc1ccc(OC(=O)[C@@H](N)CCCN=C(N)N)cc1)C(=O)O. The number of amides is 1. The lowest BCUT2D eigenvalue weighted by Crippen LogP contribution is -2.41. The van der Waals surface area contributed by atoms with Crippen LogP contribution in [0.3, 0.4) is 0 Å². The van der Waals surface area contributed by atoms with E-state index in [1.54, 1.807) is 12.1 Å². The molecule has 10 nitrogen and oxygen atoms in total. The number of benzene rings is 1. The molecule has 2 atom stereocenters. The summed E-state index contributed by atoms with van der Waals surface area (Å²) in [6.45, 7) is 1.62. The molecule has 0 radical (unpaired) electrons. The molecular formula is C17H25N5O5. The van der Waals surface area contributed by atoms with E-state index in [0.29, 0.717) is 24.9 Å². The number of nitrogens with zero attached hydrogens (tertiary/aromatic N) is 1. The summed E-state index contributed by atoms with van der Waals surface area (Å²) in [4.78, 5) is 38.0. The smallest absolute Gasteiger partial charge is 0.328 e. The first kappa shape index (κ1) is 21.9. The van der Waals surface area contributed by atoms with Gasteiger partial charge in [0, 0.05) is 19.9 Å². The second-order valence-electron chi connectivity index (χ2n) is 5.92. The number of hydrogen-bond acceptors (Lipinski definition) is 6. The van der Waals surface area contributed by atoms with Crippen LogP contribution in [-0.2, 0) is 20.8 Å². The van der Waals surface area contributed by atoms with Crippen LogP contribution < -0.4 is 27.3 Å². The van der Waals surface area contributed by atoms with E-state index in [1.807, 2.05) is 0 Å². The summed E-state index contributed by atoms with van der Waals surface area (Å²) in [6.07, 6.45) is 1.00. The van der Waals surface area contributed by atoms with E-state index in [1.165, 1.54) is 19.1 Å². The minimum Gasteiger partial charge on any atom is -0.480 e. The summed E-state index contributed by atoms with van der Waals surface area (Å²) in [5.41, 5.74) is 16.8. The largest absolute Gasteiger partial charge is 0.480 e. The van der Waals surface area contributed by atoms with E-state index >= 15 is 0 Å². The standard InChI is InChI=1S/C17H25N5O5/c1-10(23)22-14(15(24)25)9-11-4-6-12(7-5-11)27-16(26)13(18)3-2-8-21-17(19)20/h4-7,13-14H,2-3,8-9,18H2,1H3,(H,22,23)(H,24,25)(H4,19,20,21)/t13-,14-/m0/s1. The number of aliphatic carboxylic acids is 1. The van der Waals surface area contributed by atoms with Gasteiger partial charge in [-0.2, -0.15) is 0 Å². The number of nitrogens with two attached hydrogens (primary N) is 3. The summed E-state index contributed by atoms with van der Waals surface area (Å²) >= 11 is 0. The Kier molecular flexibility index (Phi) is 8.73. The van der Waals surface area contributed by atoms with Crippen LogP contribution in [0.1, 0.15) is 25.3 Å². The number of rotatable bonds is 10. The first-order valence-corrected chi connectivity index (χ1v) is 8.30. The summed E-state index contributed by atoms with van der Waals surface area (Å²) < 4.78 is 5.19. The van der Waals surface area contributed by atoms with Crippen LogP contribution in [0.25, 0.3) is 0 Å². The van der Waals surface area contributed by atoms with Gasteiger partial charge in [-0.1, -0.05) is 12.1 Å². The van der Waals surface area contributed by atoms with Gasteiger partial charge in [0.15, 0.2) is 5.96 Å². The van der Waals surface area contributed by atoms with Gasteiger partial charge >= 0.3 is 11.9 Å². The van der Waals surface area contributed by atoms with Crippen molar-refractivity contribution >= 4 is 23.8 Å². The van der Waals surface area contributed by atoms with Gasteiger partial charge in [0.05, 0.1) is 0 Å². The van der Waals surface area contributed by atoms with E-state index in [0.717, 1.165) is 0 Å². The topological polar surface area (TPSA) is 183 Å². The van der Waals surface area contributed by atoms with Crippen molar-refractivity contribution in [3.05, 3.63) is 29.8 Å². The highest BCUT2D eigenvalue weighted by atomic mass is 16.5. The lowest BCUT2D eigenvalue weighted by molar-refractivity contribution is -0.141. The van der Waals surface area contributed by atoms with Crippen LogP contribution in [0, 0.1) is 0 Å².